The number of methoxy groups -OCH3 is 1. The van der Waals surface area contributed by atoms with Crippen LogP contribution in [0.4, 0.5) is 10.2 Å². The molecule has 0 spiro atoms. The predicted octanol–water partition coefficient (Wildman–Crippen LogP) is 4.80. The molecule has 1 saturated heterocycles. The number of amides is 1. The minimum absolute atomic E-state index is 0.0827. The van der Waals surface area contributed by atoms with E-state index in [1.807, 2.05) is 27.8 Å². The lowest BCUT2D eigenvalue weighted by Gasteiger charge is -2.35. The molecule has 2 aliphatic rings. The second kappa shape index (κ2) is 10.7. The first-order valence-electron chi connectivity index (χ1n) is 12.9. The summed E-state index contributed by atoms with van der Waals surface area (Å²) in [5, 5.41) is 4.85. The number of piperazine rings is 1. The third kappa shape index (κ3) is 5.22. The number of hydrogen-bond acceptors (Lipinski definition) is 5. The van der Waals surface area contributed by atoms with Crippen LogP contribution >= 0.6 is 0 Å². The molecule has 0 unspecified atom stereocenters. The molecule has 0 N–H and O–H groups in total. The van der Waals surface area contributed by atoms with Crippen LogP contribution in [-0.4, -0.2) is 58.9 Å². The summed E-state index contributed by atoms with van der Waals surface area (Å²) in [7, 11) is 1.63. The average Bonchev–Trinajstić information content (AvgIpc) is 3.34. The van der Waals surface area contributed by atoms with E-state index in [1.54, 1.807) is 26.3 Å². The van der Waals surface area contributed by atoms with E-state index in [0.717, 1.165) is 54.4 Å². The topological polar surface area (TPSA) is 63.5 Å². The van der Waals surface area contributed by atoms with Gasteiger partial charge < -0.3 is 14.5 Å². The number of anilines is 1. The fourth-order valence-electron chi connectivity index (χ4n) is 5.32. The Kier molecular flexibility index (Phi) is 7.20. The van der Waals surface area contributed by atoms with E-state index >= 15 is 0 Å². The highest BCUT2D eigenvalue weighted by atomic mass is 19.1. The van der Waals surface area contributed by atoms with Gasteiger partial charge in [-0.3, -0.25) is 9.48 Å². The molecule has 1 aliphatic carbocycles. The van der Waals surface area contributed by atoms with Crippen molar-refractivity contribution in [2.24, 2.45) is 0 Å². The molecule has 36 heavy (non-hydrogen) atoms. The van der Waals surface area contributed by atoms with Crippen LogP contribution in [0.2, 0.25) is 0 Å². The maximum Gasteiger partial charge on any atom is 0.244 e. The van der Waals surface area contributed by atoms with Crippen molar-refractivity contribution in [1.82, 2.24) is 19.7 Å². The van der Waals surface area contributed by atoms with Crippen LogP contribution < -0.4 is 9.64 Å². The van der Waals surface area contributed by atoms with Crippen LogP contribution in [-0.2, 0) is 11.3 Å². The summed E-state index contributed by atoms with van der Waals surface area (Å²) < 4.78 is 21.0. The van der Waals surface area contributed by atoms with Crippen LogP contribution in [0.1, 0.15) is 49.3 Å². The lowest BCUT2D eigenvalue weighted by Crippen LogP contribution is -2.50. The lowest BCUT2D eigenvalue weighted by atomic mass is 9.86. The number of nitrogens with zero attached hydrogens (tertiary/aromatic N) is 5. The number of carbonyl (C=O) groups is 1. The molecular formula is C28H34FN5O2. The third-order valence-electron chi connectivity index (χ3n) is 7.49. The molecule has 0 atom stereocenters. The van der Waals surface area contributed by atoms with Crippen LogP contribution in [0.25, 0.3) is 11.3 Å². The number of aryl methyl sites for hydroxylation is 1. The van der Waals surface area contributed by atoms with Crippen molar-refractivity contribution in [1.29, 1.82) is 0 Å². The van der Waals surface area contributed by atoms with Gasteiger partial charge in [0.15, 0.2) is 0 Å². The van der Waals surface area contributed by atoms with Gasteiger partial charge in [-0.2, -0.15) is 5.10 Å². The van der Waals surface area contributed by atoms with Gasteiger partial charge in [0.25, 0.3) is 0 Å². The van der Waals surface area contributed by atoms with Crippen LogP contribution in [0.3, 0.4) is 0 Å². The Bertz CT molecular complexity index is 1200. The number of aromatic nitrogens is 3. The van der Waals surface area contributed by atoms with E-state index in [0.29, 0.717) is 24.6 Å². The molecule has 2 fully saturated rings. The summed E-state index contributed by atoms with van der Waals surface area (Å²) in [4.78, 5) is 21.9. The van der Waals surface area contributed by atoms with Crippen molar-refractivity contribution in [3.8, 4) is 17.0 Å². The quantitative estimate of drug-likeness (QED) is 0.496. The maximum atomic E-state index is 13.8. The summed E-state index contributed by atoms with van der Waals surface area (Å²) in [6.07, 6.45) is 7.63. The summed E-state index contributed by atoms with van der Waals surface area (Å²) in [5.41, 5.74) is 3.42. The van der Waals surface area contributed by atoms with E-state index < -0.39 is 0 Å². The van der Waals surface area contributed by atoms with E-state index in [2.05, 4.69) is 16.0 Å². The predicted molar refractivity (Wildman–Crippen MR) is 138 cm³/mol. The largest absolute Gasteiger partial charge is 0.495 e. The molecule has 5 rings (SSSR count). The standard InChI is InChI=1S/C28H34FN5O2/c1-20-16-22(8-10-24(20)29)25-17-26(21-6-4-3-5-7-21)34(31-25)19-28(35)33-14-12-32(13-15-33)27-11-9-23(36-2)18-30-27/h8-11,16-18,21H,3-7,12-15,19H2,1-2H3. The number of pyridine rings is 1. The smallest absolute Gasteiger partial charge is 0.244 e. The zero-order valence-electron chi connectivity index (χ0n) is 21.1. The SMILES string of the molecule is COc1ccc(N2CCN(C(=O)Cn3nc(-c4ccc(F)c(C)c4)cc3C3CCCCC3)CC2)nc1. The number of hydrogen-bond donors (Lipinski definition) is 0. The van der Waals surface area contributed by atoms with Crippen molar-refractivity contribution in [3.05, 3.63) is 59.7 Å². The van der Waals surface area contributed by atoms with Gasteiger partial charge in [0, 0.05) is 43.4 Å². The summed E-state index contributed by atoms with van der Waals surface area (Å²) in [6.45, 7) is 4.77. The lowest BCUT2D eigenvalue weighted by molar-refractivity contribution is -0.132. The molecule has 2 aromatic heterocycles. The summed E-state index contributed by atoms with van der Waals surface area (Å²) in [5.74, 6) is 1.90. The minimum atomic E-state index is -0.218. The molecule has 1 aromatic carbocycles. The average molecular weight is 492 g/mol. The van der Waals surface area contributed by atoms with Gasteiger partial charge >= 0.3 is 0 Å². The zero-order chi connectivity index (χ0) is 25.1. The van der Waals surface area contributed by atoms with Crippen LogP contribution in [0, 0.1) is 12.7 Å². The second-order valence-corrected chi connectivity index (χ2v) is 9.84. The Hall–Kier alpha value is -3.42. The number of carbonyl (C=O) groups excluding carboxylic acids is 1. The van der Waals surface area contributed by atoms with Gasteiger partial charge in [0.1, 0.15) is 23.9 Å². The first-order chi connectivity index (χ1) is 17.5. The number of ether oxygens (including phenoxy) is 1. The van der Waals surface area contributed by atoms with Gasteiger partial charge in [-0.15, -0.1) is 0 Å². The first-order valence-corrected chi connectivity index (χ1v) is 12.9. The molecule has 1 saturated carbocycles. The van der Waals surface area contributed by atoms with Gasteiger partial charge in [-0.1, -0.05) is 19.3 Å². The molecule has 0 bridgehead atoms. The van der Waals surface area contributed by atoms with Gasteiger partial charge in [0.2, 0.25) is 5.91 Å². The molecule has 8 heteroatoms. The van der Waals surface area contributed by atoms with Crippen molar-refractivity contribution in [2.75, 3.05) is 38.2 Å². The van der Waals surface area contributed by atoms with E-state index in [1.165, 1.54) is 25.3 Å². The van der Waals surface area contributed by atoms with Crippen molar-refractivity contribution >= 4 is 11.7 Å². The number of rotatable bonds is 6. The molecule has 7 nitrogen and oxygen atoms in total. The Morgan fingerprint density at radius 3 is 2.50 bits per heavy atom. The highest BCUT2D eigenvalue weighted by molar-refractivity contribution is 5.76. The van der Waals surface area contributed by atoms with Gasteiger partial charge in [0.05, 0.1) is 19.0 Å². The Morgan fingerprint density at radius 1 is 1.06 bits per heavy atom. The van der Waals surface area contributed by atoms with E-state index in [4.69, 9.17) is 9.84 Å². The molecule has 190 valence electrons. The molecule has 3 aromatic rings. The van der Waals surface area contributed by atoms with E-state index in [-0.39, 0.29) is 18.3 Å². The zero-order valence-corrected chi connectivity index (χ0v) is 21.1. The highest BCUT2D eigenvalue weighted by Gasteiger charge is 2.26. The van der Waals surface area contributed by atoms with Gasteiger partial charge in [-0.25, -0.2) is 9.37 Å². The fraction of sp³-hybridized carbons (Fsp3) is 0.464. The first kappa shape index (κ1) is 24.3. The van der Waals surface area contributed by atoms with Gasteiger partial charge in [-0.05, 0) is 61.7 Å². The Balaban J connectivity index is 1.30. The monoisotopic (exact) mass is 491 g/mol. The fourth-order valence-corrected chi connectivity index (χ4v) is 5.32. The molecule has 1 aliphatic heterocycles. The summed E-state index contributed by atoms with van der Waals surface area (Å²) >= 11 is 0. The minimum Gasteiger partial charge on any atom is -0.495 e. The van der Waals surface area contributed by atoms with Crippen molar-refractivity contribution < 1.29 is 13.9 Å². The molecular weight excluding hydrogens is 457 g/mol. The van der Waals surface area contributed by atoms with Crippen molar-refractivity contribution in [2.45, 2.75) is 51.5 Å². The van der Waals surface area contributed by atoms with Crippen LogP contribution in [0.5, 0.6) is 5.75 Å². The van der Waals surface area contributed by atoms with Crippen molar-refractivity contribution in [3.63, 3.8) is 0 Å². The summed E-state index contributed by atoms with van der Waals surface area (Å²) in [6, 6.07) is 11.1. The number of benzene rings is 1. The maximum absolute atomic E-state index is 13.8. The third-order valence-corrected chi connectivity index (χ3v) is 7.49. The molecule has 0 radical (unpaired) electrons. The highest BCUT2D eigenvalue weighted by Crippen LogP contribution is 2.35. The second-order valence-electron chi connectivity index (χ2n) is 9.84. The molecule has 3 heterocycles. The van der Waals surface area contributed by atoms with Crippen LogP contribution in [0.15, 0.2) is 42.6 Å². The normalized spacial score (nSPS) is 16.9. The molecule has 1 amide bonds. The Morgan fingerprint density at radius 2 is 1.83 bits per heavy atom. The van der Waals surface area contributed by atoms with E-state index in [9.17, 15) is 9.18 Å². The Labute approximate surface area is 211 Å². The number of halogens is 1.